The Morgan fingerprint density at radius 3 is 2.78 bits per heavy atom. The van der Waals surface area contributed by atoms with Gasteiger partial charge in [0.15, 0.2) is 0 Å². The topological polar surface area (TPSA) is 102 Å². The molecular weight excluding hydrogens is 370 g/mol. The van der Waals surface area contributed by atoms with Crippen molar-refractivity contribution in [2.24, 2.45) is 0 Å². The third-order valence-electron chi connectivity index (χ3n) is 4.12. The van der Waals surface area contributed by atoms with E-state index in [0.717, 1.165) is 10.1 Å². The zero-order valence-corrected chi connectivity index (χ0v) is 15.7. The van der Waals surface area contributed by atoms with Crippen molar-refractivity contribution in [3.8, 4) is 11.5 Å². The molecule has 0 fully saturated rings. The maximum Gasteiger partial charge on any atom is 0.328 e. The molecule has 9 heteroatoms. The molecule has 1 aromatic carbocycles. The van der Waals surface area contributed by atoms with Crippen LogP contribution in [0.1, 0.15) is 12.0 Å². The van der Waals surface area contributed by atoms with Crippen LogP contribution in [0.3, 0.4) is 0 Å². The number of aromatic amines is 1. The molecule has 27 heavy (non-hydrogen) atoms. The summed E-state index contributed by atoms with van der Waals surface area (Å²) in [6, 6.07) is 6.99. The summed E-state index contributed by atoms with van der Waals surface area (Å²) in [7, 11) is 3.11. The van der Waals surface area contributed by atoms with Crippen LogP contribution in [0.2, 0.25) is 0 Å². The summed E-state index contributed by atoms with van der Waals surface area (Å²) in [5.74, 6) is 1.01. The first-order valence-electron chi connectivity index (χ1n) is 8.21. The highest BCUT2D eigenvalue weighted by Gasteiger charge is 2.11. The van der Waals surface area contributed by atoms with Gasteiger partial charge in [-0.05, 0) is 29.6 Å². The molecule has 2 aromatic heterocycles. The summed E-state index contributed by atoms with van der Waals surface area (Å²) < 4.78 is 12.0. The molecule has 1 amide bonds. The first-order chi connectivity index (χ1) is 13.0. The summed E-state index contributed by atoms with van der Waals surface area (Å²) in [6.07, 6.45) is 0.00610. The number of methoxy groups -OCH3 is 2. The van der Waals surface area contributed by atoms with Crippen molar-refractivity contribution in [3.05, 3.63) is 56.0 Å². The Hall–Kier alpha value is -3.07. The van der Waals surface area contributed by atoms with Gasteiger partial charge < -0.3 is 19.8 Å². The fourth-order valence-corrected chi connectivity index (χ4v) is 3.49. The van der Waals surface area contributed by atoms with Gasteiger partial charge >= 0.3 is 5.69 Å². The number of hydrogen-bond donors (Lipinski definition) is 2. The number of H-pyrrole nitrogens is 1. The molecule has 8 nitrogen and oxygen atoms in total. The van der Waals surface area contributed by atoms with E-state index in [2.05, 4.69) is 10.3 Å². The quantitative estimate of drug-likeness (QED) is 0.637. The molecule has 0 radical (unpaired) electrons. The second-order valence-electron chi connectivity index (χ2n) is 5.75. The van der Waals surface area contributed by atoms with Gasteiger partial charge in [-0.2, -0.15) is 0 Å². The number of amides is 1. The number of aromatic nitrogens is 2. The molecule has 3 aromatic rings. The number of carbonyl (C=O) groups excluding carboxylic acids is 1. The van der Waals surface area contributed by atoms with Crippen LogP contribution < -0.4 is 26.0 Å². The molecule has 0 spiro atoms. The molecule has 2 N–H and O–H groups in total. The molecule has 0 unspecified atom stereocenters. The molecule has 142 valence electrons. The Balaban J connectivity index is 1.66. The Kier molecular flexibility index (Phi) is 5.60. The minimum atomic E-state index is -0.520. The predicted octanol–water partition coefficient (Wildman–Crippen LogP) is 1.47. The van der Waals surface area contributed by atoms with Gasteiger partial charge in [0.1, 0.15) is 16.2 Å². The average molecular weight is 389 g/mol. The maximum atomic E-state index is 12.3. The third-order valence-corrected chi connectivity index (χ3v) is 5.02. The molecule has 3 rings (SSSR count). The zero-order valence-electron chi connectivity index (χ0n) is 14.9. The van der Waals surface area contributed by atoms with Crippen LogP contribution in [0.4, 0.5) is 0 Å². The molecule has 0 bridgehead atoms. The molecule has 2 heterocycles. The second kappa shape index (κ2) is 8.09. The minimum Gasteiger partial charge on any atom is -0.497 e. The minimum absolute atomic E-state index is 0.00306. The van der Waals surface area contributed by atoms with E-state index < -0.39 is 5.69 Å². The second-order valence-corrected chi connectivity index (χ2v) is 6.67. The van der Waals surface area contributed by atoms with Crippen molar-refractivity contribution < 1.29 is 14.3 Å². The van der Waals surface area contributed by atoms with Gasteiger partial charge in [-0.1, -0.05) is 0 Å². The number of carbonyl (C=O) groups is 1. The molecule has 0 aliphatic carbocycles. The number of thiophene rings is 1. The van der Waals surface area contributed by atoms with Crippen LogP contribution in [-0.4, -0.2) is 29.7 Å². The molecule has 0 atom stereocenters. The average Bonchev–Trinajstić information content (AvgIpc) is 3.14. The largest absolute Gasteiger partial charge is 0.497 e. The predicted molar refractivity (Wildman–Crippen MR) is 103 cm³/mol. The number of rotatable bonds is 7. The number of nitrogens with zero attached hydrogens (tertiary/aromatic N) is 1. The van der Waals surface area contributed by atoms with Gasteiger partial charge in [0.2, 0.25) is 5.91 Å². The van der Waals surface area contributed by atoms with E-state index in [0.29, 0.717) is 21.7 Å². The Morgan fingerprint density at radius 1 is 1.22 bits per heavy atom. The van der Waals surface area contributed by atoms with Gasteiger partial charge in [0.25, 0.3) is 5.56 Å². The van der Waals surface area contributed by atoms with E-state index in [4.69, 9.17) is 9.47 Å². The standard InChI is InChI=1S/C18H19N3O5S/c1-25-12-3-4-14(26-2)11(9-12)10-19-15(22)5-7-21-17(23)16-13(6-8-27-16)20-18(21)24/h3-4,6,8-9H,5,7,10H2,1-2H3,(H,19,22)(H,20,24). The van der Waals surface area contributed by atoms with Crippen LogP contribution in [0.5, 0.6) is 11.5 Å². The van der Waals surface area contributed by atoms with E-state index in [-0.39, 0.29) is 31.0 Å². The van der Waals surface area contributed by atoms with Crippen LogP contribution in [0.15, 0.2) is 39.2 Å². The van der Waals surface area contributed by atoms with E-state index in [9.17, 15) is 14.4 Å². The van der Waals surface area contributed by atoms with Gasteiger partial charge in [-0.25, -0.2) is 4.79 Å². The van der Waals surface area contributed by atoms with E-state index in [1.54, 1.807) is 43.9 Å². The summed E-state index contributed by atoms with van der Waals surface area (Å²) >= 11 is 1.26. The Labute approximate surface area is 158 Å². The first kappa shape index (κ1) is 18.7. The lowest BCUT2D eigenvalue weighted by Crippen LogP contribution is -2.36. The van der Waals surface area contributed by atoms with Crippen LogP contribution in [0.25, 0.3) is 10.2 Å². The van der Waals surface area contributed by atoms with Crippen molar-refractivity contribution >= 4 is 27.5 Å². The number of nitrogens with one attached hydrogen (secondary N) is 2. The first-order valence-corrected chi connectivity index (χ1v) is 9.09. The monoisotopic (exact) mass is 389 g/mol. The van der Waals surface area contributed by atoms with E-state index in [1.165, 1.54) is 11.3 Å². The van der Waals surface area contributed by atoms with Crippen LogP contribution >= 0.6 is 11.3 Å². The smallest absolute Gasteiger partial charge is 0.328 e. The Morgan fingerprint density at radius 2 is 2.04 bits per heavy atom. The fourth-order valence-electron chi connectivity index (χ4n) is 2.69. The van der Waals surface area contributed by atoms with Gasteiger partial charge in [-0.3, -0.25) is 14.2 Å². The van der Waals surface area contributed by atoms with E-state index >= 15 is 0 Å². The van der Waals surface area contributed by atoms with Crippen molar-refractivity contribution in [2.75, 3.05) is 14.2 Å². The van der Waals surface area contributed by atoms with Crippen LogP contribution in [0, 0.1) is 0 Å². The van der Waals surface area contributed by atoms with Crippen molar-refractivity contribution in [3.63, 3.8) is 0 Å². The lowest BCUT2D eigenvalue weighted by molar-refractivity contribution is -0.121. The number of fused-ring (bicyclic) bond motifs is 1. The number of hydrogen-bond acceptors (Lipinski definition) is 6. The van der Waals surface area contributed by atoms with Crippen molar-refractivity contribution in [2.45, 2.75) is 19.5 Å². The van der Waals surface area contributed by atoms with Crippen LogP contribution in [-0.2, 0) is 17.9 Å². The summed E-state index contributed by atoms with van der Waals surface area (Å²) in [5, 5.41) is 4.50. The molecule has 0 aliphatic rings. The third kappa shape index (κ3) is 4.03. The molecule has 0 aliphatic heterocycles. The summed E-state index contributed by atoms with van der Waals surface area (Å²) in [6.45, 7) is 0.248. The highest BCUT2D eigenvalue weighted by Crippen LogP contribution is 2.23. The highest BCUT2D eigenvalue weighted by molar-refractivity contribution is 7.17. The van der Waals surface area contributed by atoms with Crippen molar-refractivity contribution in [1.82, 2.24) is 14.9 Å². The molecule has 0 saturated carbocycles. The molecular formula is C18H19N3O5S. The summed E-state index contributed by atoms with van der Waals surface area (Å²) in [5.41, 5.74) is 0.375. The van der Waals surface area contributed by atoms with Crippen molar-refractivity contribution in [1.29, 1.82) is 0 Å². The van der Waals surface area contributed by atoms with Gasteiger partial charge in [-0.15, -0.1) is 11.3 Å². The lowest BCUT2D eigenvalue weighted by atomic mass is 10.2. The van der Waals surface area contributed by atoms with Gasteiger partial charge in [0, 0.05) is 25.1 Å². The maximum absolute atomic E-state index is 12.3. The SMILES string of the molecule is COc1ccc(OC)c(CNC(=O)CCn2c(=O)[nH]c3ccsc3c2=O)c1. The molecule has 0 saturated heterocycles. The number of benzene rings is 1. The lowest BCUT2D eigenvalue weighted by Gasteiger charge is -2.11. The fraction of sp³-hybridized carbons (Fsp3) is 0.278. The summed E-state index contributed by atoms with van der Waals surface area (Å²) in [4.78, 5) is 39.2. The normalized spacial score (nSPS) is 10.7. The zero-order chi connectivity index (χ0) is 19.4. The van der Waals surface area contributed by atoms with Gasteiger partial charge in [0.05, 0.1) is 19.7 Å². The highest BCUT2D eigenvalue weighted by atomic mass is 32.1. The number of ether oxygens (including phenoxy) is 2. The Bertz CT molecular complexity index is 1080. The van der Waals surface area contributed by atoms with E-state index in [1.807, 2.05) is 0 Å².